The average Bonchev–Trinajstić information content (AvgIpc) is 2.96. The van der Waals surface area contributed by atoms with Crippen LogP contribution in [0.4, 0.5) is 11.5 Å². The summed E-state index contributed by atoms with van der Waals surface area (Å²) in [6.45, 7) is 7.34. The van der Waals surface area contributed by atoms with Crippen LogP contribution in [0.3, 0.4) is 0 Å². The number of aryl methyl sites for hydroxylation is 1. The standard InChI is InChI=1S/C15H22N4O3/c1-12-9-15(16-10-14(12)19(20)21)18-4-2-3-13(18)11-17-5-7-22-8-6-17/h9-10,13H,2-8,11H2,1H3/t13-/m1/s1. The lowest BCUT2D eigenvalue weighted by molar-refractivity contribution is -0.385. The van der Waals surface area contributed by atoms with Gasteiger partial charge in [0.15, 0.2) is 0 Å². The molecule has 2 fully saturated rings. The van der Waals surface area contributed by atoms with Crippen LogP contribution in [-0.4, -0.2) is 60.2 Å². The second-order valence-electron chi connectivity index (χ2n) is 5.99. The highest BCUT2D eigenvalue weighted by Gasteiger charge is 2.28. The minimum absolute atomic E-state index is 0.0904. The fourth-order valence-electron chi connectivity index (χ4n) is 3.29. The second-order valence-corrected chi connectivity index (χ2v) is 5.99. The molecule has 1 aromatic heterocycles. The summed E-state index contributed by atoms with van der Waals surface area (Å²) in [6.07, 6.45) is 3.68. The highest BCUT2D eigenvalue weighted by atomic mass is 16.6. The Morgan fingerprint density at radius 1 is 1.41 bits per heavy atom. The van der Waals surface area contributed by atoms with Crippen molar-refractivity contribution in [1.29, 1.82) is 0 Å². The smallest absolute Gasteiger partial charge is 0.290 e. The summed E-state index contributed by atoms with van der Waals surface area (Å²) < 4.78 is 5.40. The largest absolute Gasteiger partial charge is 0.379 e. The topological polar surface area (TPSA) is 71.7 Å². The van der Waals surface area contributed by atoms with Crippen LogP contribution in [-0.2, 0) is 4.74 Å². The zero-order valence-corrected chi connectivity index (χ0v) is 12.9. The Morgan fingerprint density at radius 3 is 2.86 bits per heavy atom. The molecule has 3 heterocycles. The Bertz CT molecular complexity index is 546. The van der Waals surface area contributed by atoms with Crippen molar-refractivity contribution in [2.24, 2.45) is 0 Å². The number of rotatable bonds is 4. The van der Waals surface area contributed by atoms with E-state index < -0.39 is 0 Å². The van der Waals surface area contributed by atoms with Crippen LogP contribution in [0.25, 0.3) is 0 Å². The van der Waals surface area contributed by atoms with Crippen LogP contribution in [0, 0.1) is 17.0 Å². The number of aromatic nitrogens is 1. The van der Waals surface area contributed by atoms with E-state index in [9.17, 15) is 10.1 Å². The molecule has 2 saturated heterocycles. The van der Waals surface area contributed by atoms with Crippen molar-refractivity contribution in [2.75, 3.05) is 44.3 Å². The zero-order chi connectivity index (χ0) is 15.5. The number of nitrogens with zero attached hydrogens (tertiary/aromatic N) is 4. The number of hydrogen-bond acceptors (Lipinski definition) is 6. The molecule has 0 N–H and O–H groups in total. The maximum atomic E-state index is 10.9. The number of pyridine rings is 1. The monoisotopic (exact) mass is 306 g/mol. The van der Waals surface area contributed by atoms with Crippen LogP contribution in [0.1, 0.15) is 18.4 Å². The Labute approximate surface area is 130 Å². The van der Waals surface area contributed by atoms with Crippen molar-refractivity contribution in [1.82, 2.24) is 9.88 Å². The van der Waals surface area contributed by atoms with Crippen LogP contribution >= 0.6 is 0 Å². The first-order valence-corrected chi connectivity index (χ1v) is 7.83. The van der Waals surface area contributed by atoms with E-state index in [1.807, 2.05) is 6.07 Å². The lowest BCUT2D eigenvalue weighted by Crippen LogP contribution is -2.45. The first-order chi connectivity index (χ1) is 10.6. The summed E-state index contributed by atoms with van der Waals surface area (Å²) in [6, 6.07) is 2.28. The number of nitro groups is 1. The summed E-state index contributed by atoms with van der Waals surface area (Å²) in [5.74, 6) is 0.860. The van der Waals surface area contributed by atoms with E-state index in [2.05, 4.69) is 14.8 Å². The molecule has 120 valence electrons. The van der Waals surface area contributed by atoms with Gasteiger partial charge >= 0.3 is 0 Å². The van der Waals surface area contributed by atoms with Gasteiger partial charge in [0.1, 0.15) is 12.0 Å². The van der Waals surface area contributed by atoms with E-state index in [0.29, 0.717) is 11.6 Å². The van der Waals surface area contributed by atoms with Crippen LogP contribution in [0.2, 0.25) is 0 Å². The van der Waals surface area contributed by atoms with E-state index in [1.54, 1.807) is 6.92 Å². The highest BCUT2D eigenvalue weighted by Crippen LogP contribution is 2.28. The summed E-state index contributed by atoms with van der Waals surface area (Å²) >= 11 is 0. The first kappa shape index (κ1) is 15.2. The molecule has 22 heavy (non-hydrogen) atoms. The quantitative estimate of drug-likeness (QED) is 0.621. The Balaban J connectivity index is 1.72. The first-order valence-electron chi connectivity index (χ1n) is 7.83. The van der Waals surface area contributed by atoms with Gasteiger partial charge in [-0.2, -0.15) is 0 Å². The predicted molar refractivity (Wildman–Crippen MR) is 83.3 cm³/mol. The van der Waals surface area contributed by atoms with Gasteiger partial charge in [0.2, 0.25) is 0 Å². The lowest BCUT2D eigenvalue weighted by atomic mass is 10.2. The minimum Gasteiger partial charge on any atom is -0.379 e. The van der Waals surface area contributed by atoms with Crippen molar-refractivity contribution < 1.29 is 9.66 Å². The highest BCUT2D eigenvalue weighted by molar-refractivity contribution is 5.50. The summed E-state index contributed by atoms with van der Waals surface area (Å²) in [5.41, 5.74) is 0.764. The van der Waals surface area contributed by atoms with Crippen molar-refractivity contribution >= 4 is 11.5 Å². The molecule has 0 saturated carbocycles. The number of hydrogen-bond donors (Lipinski definition) is 0. The van der Waals surface area contributed by atoms with Crippen molar-refractivity contribution in [3.05, 3.63) is 27.9 Å². The van der Waals surface area contributed by atoms with Crippen molar-refractivity contribution in [3.63, 3.8) is 0 Å². The van der Waals surface area contributed by atoms with Crippen molar-refractivity contribution in [2.45, 2.75) is 25.8 Å². The minimum atomic E-state index is -0.374. The van der Waals surface area contributed by atoms with E-state index >= 15 is 0 Å². The van der Waals surface area contributed by atoms with Gasteiger partial charge in [-0.1, -0.05) is 0 Å². The van der Waals surface area contributed by atoms with Crippen molar-refractivity contribution in [3.8, 4) is 0 Å². The molecule has 1 atom stereocenters. The van der Waals surface area contributed by atoms with Gasteiger partial charge in [-0.15, -0.1) is 0 Å². The molecule has 0 bridgehead atoms. The van der Waals surface area contributed by atoms with Gasteiger partial charge in [-0.25, -0.2) is 4.98 Å². The molecule has 7 heteroatoms. The van der Waals surface area contributed by atoms with Gasteiger partial charge < -0.3 is 9.64 Å². The molecule has 0 aliphatic carbocycles. The number of morpholine rings is 1. The van der Waals surface area contributed by atoms with Crippen LogP contribution < -0.4 is 4.90 Å². The number of ether oxygens (including phenoxy) is 1. The fourth-order valence-corrected chi connectivity index (χ4v) is 3.29. The molecule has 0 radical (unpaired) electrons. The summed E-state index contributed by atoms with van der Waals surface area (Å²) in [5, 5.41) is 10.9. The van der Waals surface area contributed by atoms with Gasteiger partial charge in [0.25, 0.3) is 5.69 Å². The molecular formula is C15H22N4O3. The summed E-state index contributed by atoms with van der Waals surface area (Å²) in [7, 11) is 0. The Hall–Kier alpha value is -1.73. The third kappa shape index (κ3) is 3.20. The molecule has 2 aliphatic heterocycles. The van der Waals surface area contributed by atoms with Gasteiger partial charge in [0.05, 0.1) is 18.1 Å². The second kappa shape index (κ2) is 6.58. The third-order valence-corrected chi connectivity index (χ3v) is 4.51. The lowest BCUT2D eigenvalue weighted by Gasteiger charge is -2.33. The van der Waals surface area contributed by atoms with Crippen LogP contribution in [0.5, 0.6) is 0 Å². The average molecular weight is 306 g/mol. The van der Waals surface area contributed by atoms with E-state index in [4.69, 9.17) is 4.74 Å². The maximum Gasteiger partial charge on any atom is 0.290 e. The van der Waals surface area contributed by atoms with Gasteiger partial charge in [-0.3, -0.25) is 15.0 Å². The predicted octanol–water partition coefficient (Wildman–Crippen LogP) is 1.60. The molecule has 0 unspecified atom stereocenters. The van der Waals surface area contributed by atoms with E-state index in [0.717, 1.165) is 58.1 Å². The molecule has 1 aromatic rings. The molecule has 3 rings (SSSR count). The van der Waals surface area contributed by atoms with E-state index in [-0.39, 0.29) is 10.6 Å². The Morgan fingerprint density at radius 2 is 2.18 bits per heavy atom. The molecule has 0 spiro atoms. The molecule has 7 nitrogen and oxygen atoms in total. The fraction of sp³-hybridized carbons (Fsp3) is 0.667. The molecular weight excluding hydrogens is 284 g/mol. The van der Waals surface area contributed by atoms with Gasteiger partial charge in [-0.05, 0) is 25.8 Å². The SMILES string of the molecule is Cc1cc(N2CCC[C@@H]2CN2CCOCC2)ncc1[N+](=O)[O-]. The Kier molecular flexibility index (Phi) is 4.54. The maximum absolute atomic E-state index is 10.9. The van der Waals surface area contributed by atoms with Gasteiger partial charge in [0, 0.05) is 37.8 Å². The third-order valence-electron chi connectivity index (χ3n) is 4.51. The molecule has 2 aliphatic rings. The van der Waals surface area contributed by atoms with Crippen LogP contribution in [0.15, 0.2) is 12.3 Å². The molecule has 0 aromatic carbocycles. The molecule has 0 amide bonds. The summed E-state index contributed by atoms with van der Waals surface area (Å²) in [4.78, 5) is 19.6. The normalized spacial score (nSPS) is 23.0. The number of anilines is 1. The van der Waals surface area contributed by atoms with E-state index in [1.165, 1.54) is 6.20 Å². The zero-order valence-electron chi connectivity index (χ0n) is 12.9.